The molecule has 1 aliphatic rings. The zero-order valence-electron chi connectivity index (χ0n) is 5.08. The number of hydrogen-bond acceptors (Lipinski definition) is 2. The molecule has 0 aromatic heterocycles. The predicted octanol–water partition coefficient (Wildman–Crippen LogP) is 0.507. The first kappa shape index (κ1) is 7.15. The smallest absolute Gasteiger partial charge is 0.264 e. The molecule has 2 N–H and O–H groups in total. The lowest BCUT2D eigenvalue weighted by Gasteiger charge is -2.13. The molecule has 0 aliphatic carbocycles. The molecule has 1 atom stereocenters. The molecule has 1 rings (SSSR count). The summed E-state index contributed by atoms with van der Waals surface area (Å²) in [5.41, 5.74) is 4.93. The number of allylic oxidation sites excluding steroid dienone is 2. The summed E-state index contributed by atoms with van der Waals surface area (Å²) in [5, 5.41) is 0.315. The summed E-state index contributed by atoms with van der Waals surface area (Å²) in [6.45, 7) is 0. The van der Waals surface area contributed by atoms with Gasteiger partial charge in [0.15, 0.2) is 0 Å². The minimum atomic E-state index is -0.799. The number of amides is 1. The van der Waals surface area contributed by atoms with E-state index in [-0.39, 0.29) is 0 Å². The Morgan fingerprint density at radius 2 is 2.50 bits per heavy atom. The van der Waals surface area contributed by atoms with Crippen LogP contribution in [0.3, 0.4) is 0 Å². The van der Waals surface area contributed by atoms with Crippen LogP contribution < -0.4 is 5.73 Å². The lowest BCUT2D eigenvalue weighted by Crippen LogP contribution is -2.30. The van der Waals surface area contributed by atoms with Gasteiger partial charge in [-0.3, -0.25) is 4.79 Å². The lowest BCUT2D eigenvalue weighted by atomic mass is 10.2. The molecule has 0 saturated heterocycles. The van der Waals surface area contributed by atoms with E-state index in [0.717, 1.165) is 0 Å². The summed E-state index contributed by atoms with van der Waals surface area (Å²) < 4.78 is 4.80. The third-order valence-corrected chi connectivity index (χ3v) is 1.38. The molecule has 0 radical (unpaired) electrons. The van der Waals surface area contributed by atoms with Gasteiger partial charge in [0, 0.05) is 0 Å². The number of halogens is 1. The molecule has 0 fully saturated rings. The zero-order chi connectivity index (χ0) is 7.56. The second-order valence-corrected chi connectivity index (χ2v) is 2.24. The van der Waals surface area contributed by atoms with Crippen molar-refractivity contribution in [3.63, 3.8) is 0 Å². The maximum atomic E-state index is 10.5. The minimum Gasteiger partial charge on any atom is -0.482 e. The highest BCUT2D eigenvalue weighted by Gasteiger charge is 2.20. The van der Waals surface area contributed by atoms with Crippen molar-refractivity contribution in [1.82, 2.24) is 0 Å². The molecule has 1 heterocycles. The van der Waals surface area contributed by atoms with E-state index in [4.69, 9.17) is 22.1 Å². The predicted molar refractivity (Wildman–Crippen MR) is 37.1 cm³/mol. The fraction of sp³-hybridized carbons (Fsp3) is 0.167. The Labute approximate surface area is 63.1 Å². The van der Waals surface area contributed by atoms with E-state index in [0.29, 0.717) is 5.03 Å². The van der Waals surface area contributed by atoms with Gasteiger partial charge in [-0.15, -0.1) is 0 Å². The lowest BCUT2D eigenvalue weighted by molar-refractivity contribution is -0.124. The second kappa shape index (κ2) is 2.75. The average Bonchev–Trinajstić information content (AvgIpc) is 1.88. The van der Waals surface area contributed by atoms with Crippen LogP contribution >= 0.6 is 11.6 Å². The van der Waals surface area contributed by atoms with Crippen molar-refractivity contribution in [2.24, 2.45) is 5.73 Å². The summed E-state index contributed by atoms with van der Waals surface area (Å²) in [4.78, 5) is 10.5. The van der Waals surface area contributed by atoms with Crippen LogP contribution in [0.15, 0.2) is 23.4 Å². The molecule has 1 aliphatic heterocycles. The van der Waals surface area contributed by atoms with E-state index in [9.17, 15) is 4.79 Å². The Morgan fingerprint density at radius 3 is 2.90 bits per heavy atom. The van der Waals surface area contributed by atoms with E-state index in [1.54, 1.807) is 12.2 Å². The van der Waals surface area contributed by atoms with Crippen LogP contribution in [0.5, 0.6) is 0 Å². The largest absolute Gasteiger partial charge is 0.482 e. The standard InChI is InChI=1S/C6H6ClNO2/c7-4-2-1-3-10-5(4)6(8)9/h1-3,5H,(H2,8,9). The average molecular weight is 160 g/mol. The van der Waals surface area contributed by atoms with Crippen molar-refractivity contribution in [3.05, 3.63) is 23.4 Å². The molecule has 0 aromatic carbocycles. The summed E-state index contributed by atoms with van der Waals surface area (Å²) in [6.07, 6.45) is 3.75. The number of ether oxygens (including phenoxy) is 1. The quantitative estimate of drug-likeness (QED) is 0.606. The fourth-order valence-electron chi connectivity index (χ4n) is 0.610. The summed E-state index contributed by atoms with van der Waals surface area (Å²) in [7, 11) is 0. The molecule has 3 nitrogen and oxygen atoms in total. The van der Waals surface area contributed by atoms with Crippen molar-refractivity contribution in [2.45, 2.75) is 6.10 Å². The molecule has 0 spiro atoms. The van der Waals surface area contributed by atoms with Crippen LogP contribution in [0.25, 0.3) is 0 Å². The summed E-state index contributed by atoms with van der Waals surface area (Å²) >= 11 is 5.56. The Hall–Kier alpha value is -0.960. The SMILES string of the molecule is NC(=O)C1OC=CC=C1Cl. The topological polar surface area (TPSA) is 52.3 Å². The van der Waals surface area contributed by atoms with Crippen LogP contribution in [0.2, 0.25) is 0 Å². The van der Waals surface area contributed by atoms with E-state index in [1.807, 2.05) is 0 Å². The molecule has 54 valence electrons. The van der Waals surface area contributed by atoms with Crippen LogP contribution in [0, 0.1) is 0 Å². The molecular weight excluding hydrogens is 154 g/mol. The molecular formula is C6H6ClNO2. The number of carbonyl (C=O) groups is 1. The maximum Gasteiger partial charge on any atom is 0.264 e. The van der Waals surface area contributed by atoms with Gasteiger partial charge in [0.05, 0.1) is 11.3 Å². The van der Waals surface area contributed by atoms with Gasteiger partial charge in [-0.25, -0.2) is 0 Å². The first-order chi connectivity index (χ1) is 4.72. The Bertz CT molecular complexity index is 210. The van der Waals surface area contributed by atoms with Crippen molar-refractivity contribution in [2.75, 3.05) is 0 Å². The Morgan fingerprint density at radius 1 is 1.80 bits per heavy atom. The van der Waals surface area contributed by atoms with Crippen molar-refractivity contribution < 1.29 is 9.53 Å². The molecule has 1 unspecified atom stereocenters. The van der Waals surface area contributed by atoms with E-state index in [2.05, 4.69) is 0 Å². The molecule has 0 bridgehead atoms. The van der Waals surface area contributed by atoms with Crippen molar-refractivity contribution in [3.8, 4) is 0 Å². The van der Waals surface area contributed by atoms with Gasteiger partial charge >= 0.3 is 0 Å². The van der Waals surface area contributed by atoms with Gasteiger partial charge in [-0.2, -0.15) is 0 Å². The van der Waals surface area contributed by atoms with Crippen molar-refractivity contribution >= 4 is 17.5 Å². The second-order valence-electron chi connectivity index (χ2n) is 1.80. The number of rotatable bonds is 1. The number of nitrogens with two attached hydrogens (primary N) is 1. The van der Waals surface area contributed by atoms with Crippen LogP contribution in [0.4, 0.5) is 0 Å². The summed E-state index contributed by atoms with van der Waals surface area (Å²) in [6, 6.07) is 0. The highest BCUT2D eigenvalue weighted by Crippen LogP contribution is 2.15. The number of hydrogen-bond donors (Lipinski definition) is 1. The van der Waals surface area contributed by atoms with Crippen LogP contribution in [0.1, 0.15) is 0 Å². The van der Waals surface area contributed by atoms with E-state index < -0.39 is 12.0 Å². The minimum absolute atomic E-state index is 0.315. The first-order valence-corrected chi connectivity index (χ1v) is 3.06. The highest BCUT2D eigenvalue weighted by atomic mass is 35.5. The molecule has 1 amide bonds. The number of carbonyl (C=O) groups excluding carboxylic acids is 1. The van der Waals surface area contributed by atoms with Gasteiger partial charge in [0.25, 0.3) is 5.91 Å². The highest BCUT2D eigenvalue weighted by molar-refractivity contribution is 6.32. The maximum absolute atomic E-state index is 10.5. The molecule has 0 saturated carbocycles. The van der Waals surface area contributed by atoms with Gasteiger partial charge in [-0.1, -0.05) is 11.6 Å². The normalized spacial score (nSPS) is 23.3. The zero-order valence-corrected chi connectivity index (χ0v) is 5.84. The van der Waals surface area contributed by atoms with Crippen LogP contribution in [-0.2, 0) is 9.53 Å². The van der Waals surface area contributed by atoms with E-state index in [1.165, 1.54) is 6.26 Å². The van der Waals surface area contributed by atoms with Gasteiger partial charge in [0.1, 0.15) is 0 Å². The third-order valence-electron chi connectivity index (χ3n) is 1.06. The third kappa shape index (κ3) is 1.30. The molecule has 4 heteroatoms. The van der Waals surface area contributed by atoms with Gasteiger partial charge < -0.3 is 10.5 Å². The fourth-order valence-corrected chi connectivity index (χ4v) is 0.842. The van der Waals surface area contributed by atoms with Gasteiger partial charge in [0.2, 0.25) is 6.10 Å². The first-order valence-electron chi connectivity index (χ1n) is 2.69. The Balaban J connectivity index is 2.73. The van der Waals surface area contributed by atoms with Gasteiger partial charge in [-0.05, 0) is 12.2 Å². The van der Waals surface area contributed by atoms with Crippen LogP contribution in [-0.4, -0.2) is 12.0 Å². The summed E-state index contributed by atoms with van der Waals surface area (Å²) in [5.74, 6) is -0.578. The Kier molecular flexibility index (Phi) is 1.97. The van der Waals surface area contributed by atoms with Crippen molar-refractivity contribution in [1.29, 1.82) is 0 Å². The molecule has 0 aromatic rings. The molecule has 10 heavy (non-hydrogen) atoms. The van der Waals surface area contributed by atoms with E-state index >= 15 is 0 Å². The monoisotopic (exact) mass is 159 g/mol. The number of primary amides is 1.